The van der Waals surface area contributed by atoms with Gasteiger partial charge in [0.2, 0.25) is 0 Å². The van der Waals surface area contributed by atoms with Gasteiger partial charge in [-0.05, 0) is 73.1 Å². The average molecular weight is 730 g/mol. The van der Waals surface area contributed by atoms with Crippen LogP contribution in [-0.4, -0.2) is 11.7 Å². The fourth-order valence-electron chi connectivity index (χ4n) is 8.19. The molecule has 0 bridgehead atoms. The lowest BCUT2D eigenvalue weighted by Crippen LogP contribution is -2.33. The molecule has 10 aromatic rings. The molecule has 4 heteroatoms. The average Bonchev–Trinajstić information content (AvgIpc) is 3.68. The summed E-state index contributed by atoms with van der Waals surface area (Å²) in [4.78, 5) is 10.5. The minimum Gasteiger partial charge on any atom is -0.455 e. The van der Waals surface area contributed by atoms with Crippen molar-refractivity contribution in [3.63, 3.8) is 0 Å². The van der Waals surface area contributed by atoms with Crippen LogP contribution in [0.2, 0.25) is 0 Å². The Kier molecular flexibility index (Phi) is 7.85. The molecule has 57 heavy (non-hydrogen) atoms. The highest BCUT2D eigenvalue weighted by Gasteiger charge is 2.25. The number of nitrogens with zero attached hydrogens (tertiary/aromatic N) is 2. The van der Waals surface area contributed by atoms with Gasteiger partial charge in [0.15, 0.2) is 5.84 Å². The molecule has 0 radical (unpaired) electrons. The maximum Gasteiger partial charge on any atom is 0.159 e. The Morgan fingerprint density at radius 2 is 0.982 bits per heavy atom. The Hall–Kier alpha value is -7.56. The van der Waals surface area contributed by atoms with E-state index in [-0.39, 0.29) is 6.17 Å². The van der Waals surface area contributed by atoms with Crippen LogP contribution in [0.1, 0.15) is 22.9 Å². The van der Waals surface area contributed by atoms with Gasteiger partial charge in [-0.3, -0.25) is 0 Å². The first-order valence-electron chi connectivity index (χ1n) is 19.3. The molecule has 1 aromatic heterocycles. The zero-order valence-electron chi connectivity index (χ0n) is 30.9. The highest BCUT2D eigenvalue weighted by Crippen LogP contribution is 2.39. The van der Waals surface area contributed by atoms with Gasteiger partial charge in [-0.15, -0.1) is 0 Å². The summed E-state index contributed by atoms with van der Waals surface area (Å²) in [7, 11) is 0. The maximum atomic E-state index is 6.72. The fourth-order valence-corrected chi connectivity index (χ4v) is 8.19. The molecule has 4 nitrogen and oxygen atoms in total. The van der Waals surface area contributed by atoms with E-state index < -0.39 is 0 Å². The molecule has 1 aliphatic heterocycles. The predicted octanol–water partition coefficient (Wildman–Crippen LogP) is 13.4. The summed E-state index contributed by atoms with van der Waals surface area (Å²) in [5, 5.41) is 10.6. The van der Waals surface area contributed by atoms with Gasteiger partial charge in [-0.2, -0.15) is 0 Å². The van der Waals surface area contributed by atoms with Gasteiger partial charge in [-0.25, -0.2) is 9.98 Å². The number of furan rings is 1. The number of amidine groups is 2. The van der Waals surface area contributed by atoms with E-state index in [2.05, 4.69) is 187 Å². The van der Waals surface area contributed by atoms with Crippen LogP contribution in [0.25, 0.3) is 76.9 Å². The molecule has 2 heterocycles. The Morgan fingerprint density at radius 3 is 1.74 bits per heavy atom. The Bertz CT molecular complexity index is 3190. The third-order valence-corrected chi connectivity index (χ3v) is 11.1. The highest BCUT2D eigenvalue weighted by atomic mass is 16.3. The zero-order valence-corrected chi connectivity index (χ0v) is 30.9. The second-order valence-electron chi connectivity index (χ2n) is 14.6. The lowest BCUT2D eigenvalue weighted by molar-refractivity contribution is 0.668. The van der Waals surface area contributed by atoms with E-state index in [0.717, 1.165) is 66.5 Å². The van der Waals surface area contributed by atoms with Crippen LogP contribution in [0.5, 0.6) is 0 Å². The van der Waals surface area contributed by atoms with Crippen LogP contribution < -0.4 is 5.32 Å². The van der Waals surface area contributed by atoms with Crippen molar-refractivity contribution in [3.05, 3.63) is 217 Å². The van der Waals surface area contributed by atoms with Crippen molar-refractivity contribution < 1.29 is 4.42 Å². The summed E-state index contributed by atoms with van der Waals surface area (Å²) in [6.45, 7) is 0. The van der Waals surface area contributed by atoms with Crippen LogP contribution in [0.4, 0.5) is 0 Å². The van der Waals surface area contributed by atoms with E-state index in [9.17, 15) is 0 Å². The zero-order chi connectivity index (χ0) is 37.7. The van der Waals surface area contributed by atoms with Crippen molar-refractivity contribution in [2.75, 3.05) is 0 Å². The van der Waals surface area contributed by atoms with Crippen molar-refractivity contribution in [2.45, 2.75) is 6.17 Å². The van der Waals surface area contributed by atoms with Gasteiger partial charge in [0.1, 0.15) is 23.2 Å². The normalized spacial score (nSPS) is 14.1. The largest absolute Gasteiger partial charge is 0.455 e. The van der Waals surface area contributed by atoms with Gasteiger partial charge in [-0.1, -0.05) is 182 Å². The van der Waals surface area contributed by atoms with Crippen molar-refractivity contribution in [3.8, 4) is 33.4 Å². The summed E-state index contributed by atoms with van der Waals surface area (Å²) in [5.41, 5.74) is 11.5. The monoisotopic (exact) mass is 729 g/mol. The topological polar surface area (TPSA) is 49.9 Å². The highest BCUT2D eigenvalue weighted by molar-refractivity contribution is 6.23. The first-order valence-corrected chi connectivity index (χ1v) is 19.3. The van der Waals surface area contributed by atoms with Crippen molar-refractivity contribution in [2.24, 2.45) is 9.98 Å². The summed E-state index contributed by atoms with van der Waals surface area (Å²) < 4.78 is 6.72. The van der Waals surface area contributed by atoms with E-state index in [1.165, 1.54) is 32.8 Å². The predicted molar refractivity (Wildman–Crippen MR) is 237 cm³/mol. The van der Waals surface area contributed by atoms with Gasteiger partial charge in [0, 0.05) is 27.5 Å². The van der Waals surface area contributed by atoms with E-state index in [0.29, 0.717) is 5.84 Å². The molecule has 0 saturated heterocycles. The molecule has 0 saturated carbocycles. The minimum absolute atomic E-state index is 0.364. The Balaban J connectivity index is 1.01. The first-order chi connectivity index (χ1) is 28.2. The third-order valence-electron chi connectivity index (χ3n) is 11.1. The molecule has 1 unspecified atom stereocenters. The summed E-state index contributed by atoms with van der Waals surface area (Å²) in [6.07, 6.45) is -0.364. The number of benzene rings is 9. The number of aliphatic imine (C=N–C) groups is 2. The lowest BCUT2D eigenvalue weighted by Gasteiger charge is -2.24. The molecule has 9 aromatic carbocycles. The molecule has 0 aliphatic carbocycles. The number of nitrogens with one attached hydrogen (secondary N) is 1. The number of rotatable bonds is 6. The summed E-state index contributed by atoms with van der Waals surface area (Å²) in [5.74, 6) is 1.43. The lowest BCUT2D eigenvalue weighted by atomic mass is 9.97. The molecule has 0 spiro atoms. The second-order valence-corrected chi connectivity index (χ2v) is 14.6. The molecule has 11 rings (SSSR count). The summed E-state index contributed by atoms with van der Waals surface area (Å²) in [6, 6.07) is 70.5. The molecule has 268 valence electrons. The number of para-hydroxylation sites is 1. The van der Waals surface area contributed by atoms with E-state index >= 15 is 0 Å². The van der Waals surface area contributed by atoms with Gasteiger partial charge < -0.3 is 9.73 Å². The molecular formula is C53H35N3O. The molecule has 1 N–H and O–H groups in total. The molecule has 0 amide bonds. The molecular weight excluding hydrogens is 695 g/mol. The number of hydrogen-bond donors (Lipinski definition) is 1. The van der Waals surface area contributed by atoms with Crippen molar-refractivity contribution in [1.29, 1.82) is 0 Å². The standard InChI is InChI=1S/C53H35N3O/c1-2-10-34(11-3-1)37-20-26-39(27-21-37)45-16-8-17-46-49-47(18-9-19-48(49)57-50(45)46)53-55-51(54-52(56-53)44-31-25-36-13-5-7-15-42(36)33-44)40-28-22-38(23-29-40)43-30-24-35-12-4-6-14-41(35)32-43/h1-33,51H,(H,54,55,56). The van der Waals surface area contributed by atoms with Crippen molar-refractivity contribution in [1.82, 2.24) is 5.32 Å². The number of hydrogen-bond acceptors (Lipinski definition) is 4. The quantitative estimate of drug-likeness (QED) is 0.185. The maximum absolute atomic E-state index is 6.72. The Labute approximate surface area is 330 Å². The second kappa shape index (κ2) is 13.6. The molecule has 0 fully saturated rings. The van der Waals surface area contributed by atoms with Gasteiger partial charge in [0.05, 0.1) is 0 Å². The van der Waals surface area contributed by atoms with Crippen LogP contribution >= 0.6 is 0 Å². The van der Waals surface area contributed by atoms with E-state index in [1.807, 2.05) is 18.2 Å². The molecule has 1 aliphatic rings. The smallest absolute Gasteiger partial charge is 0.159 e. The SMILES string of the molecule is c1ccc(-c2ccc(-c3cccc4c3oc3cccc(C5=NC(c6ccc7ccccc7c6)=NC(c6ccc(-c7ccc8ccccc8c7)cc6)N5)c34)cc2)cc1. The van der Waals surface area contributed by atoms with Crippen LogP contribution in [0.3, 0.4) is 0 Å². The van der Waals surface area contributed by atoms with Crippen LogP contribution in [0.15, 0.2) is 215 Å². The first kappa shape index (κ1) is 32.8. The van der Waals surface area contributed by atoms with Gasteiger partial charge in [0.25, 0.3) is 0 Å². The van der Waals surface area contributed by atoms with Crippen LogP contribution in [-0.2, 0) is 0 Å². The summed E-state index contributed by atoms with van der Waals surface area (Å²) >= 11 is 0. The van der Waals surface area contributed by atoms with Crippen molar-refractivity contribution >= 4 is 55.2 Å². The fraction of sp³-hybridized carbons (Fsp3) is 0.0189. The van der Waals surface area contributed by atoms with E-state index in [1.54, 1.807) is 0 Å². The van der Waals surface area contributed by atoms with Gasteiger partial charge >= 0.3 is 0 Å². The number of fused-ring (bicyclic) bond motifs is 5. The molecule has 1 atom stereocenters. The minimum atomic E-state index is -0.364. The Morgan fingerprint density at radius 1 is 0.421 bits per heavy atom. The van der Waals surface area contributed by atoms with Crippen LogP contribution in [0, 0.1) is 0 Å². The van der Waals surface area contributed by atoms with E-state index in [4.69, 9.17) is 14.4 Å². The third kappa shape index (κ3) is 5.96.